The first-order chi connectivity index (χ1) is 14.6. The summed E-state index contributed by atoms with van der Waals surface area (Å²) >= 11 is 0. The van der Waals surface area contributed by atoms with Gasteiger partial charge in [0, 0.05) is 37.7 Å². The van der Waals surface area contributed by atoms with Crippen LogP contribution in [0, 0.1) is 6.92 Å². The van der Waals surface area contributed by atoms with Gasteiger partial charge in [-0.05, 0) is 43.5 Å². The van der Waals surface area contributed by atoms with Crippen LogP contribution in [0.1, 0.15) is 31.2 Å². The fraction of sp³-hybridized carbons (Fsp3) is 0.429. The Balaban J connectivity index is 1.38. The summed E-state index contributed by atoms with van der Waals surface area (Å²) in [4.78, 5) is 21.2. The standard InChI is InChI=1S/C21H24N6O3/c1-13-10-15(25-14-2-3-14)4-5-18(13)27-19-17(11-24-27)20(23-12-22-19)30-16-6-8-26(9-7-16)21(28)29/h4-5,10-12,14,16,25H,2-3,6-9H2,1H3,(H,28,29). The van der Waals surface area contributed by atoms with Crippen molar-refractivity contribution in [1.29, 1.82) is 0 Å². The molecule has 5 rings (SSSR count). The number of aryl methyl sites for hydroxylation is 1. The Hall–Kier alpha value is -3.36. The molecular formula is C21H24N6O3. The van der Waals surface area contributed by atoms with E-state index in [9.17, 15) is 4.79 Å². The highest BCUT2D eigenvalue weighted by molar-refractivity contribution is 5.81. The van der Waals surface area contributed by atoms with Crippen LogP contribution in [0.4, 0.5) is 10.5 Å². The first-order valence-corrected chi connectivity index (χ1v) is 10.3. The van der Waals surface area contributed by atoms with E-state index in [0.717, 1.165) is 22.3 Å². The summed E-state index contributed by atoms with van der Waals surface area (Å²) in [5.74, 6) is 0.490. The van der Waals surface area contributed by atoms with E-state index >= 15 is 0 Å². The first-order valence-electron chi connectivity index (χ1n) is 10.3. The fourth-order valence-electron chi connectivity index (χ4n) is 3.86. The van der Waals surface area contributed by atoms with Crippen molar-refractivity contribution in [3.8, 4) is 11.6 Å². The van der Waals surface area contributed by atoms with E-state index in [1.54, 1.807) is 6.20 Å². The summed E-state index contributed by atoms with van der Waals surface area (Å²) in [6.07, 6.45) is 6.01. The number of rotatable bonds is 5. The number of carboxylic acid groups (broad SMARTS) is 1. The van der Waals surface area contributed by atoms with Gasteiger partial charge < -0.3 is 20.1 Å². The molecule has 0 unspecified atom stereocenters. The van der Waals surface area contributed by atoms with E-state index in [2.05, 4.69) is 45.5 Å². The summed E-state index contributed by atoms with van der Waals surface area (Å²) in [7, 11) is 0. The third-order valence-corrected chi connectivity index (χ3v) is 5.69. The van der Waals surface area contributed by atoms with E-state index in [0.29, 0.717) is 43.5 Å². The van der Waals surface area contributed by atoms with E-state index in [1.165, 1.54) is 24.1 Å². The quantitative estimate of drug-likeness (QED) is 0.668. The van der Waals surface area contributed by atoms with Gasteiger partial charge in [-0.25, -0.2) is 19.4 Å². The minimum atomic E-state index is -0.882. The van der Waals surface area contributed by atoms with Gasteiger partial charge >= 0.3 is 6.09 Å². The van der Waals surface area contributed by atoms with E-state index in [1.807, 2.05) is 4.68 Å². The first kappa shape index (κ1) is 18.7. The fourth-order valence-corrected chi connectivity index (χ4v) is 3.86. The Morgan fingerprint density at radius 2 is 2.00 bits per heavy atom. The van der Waals surface area contributed by atoms with Gasteiger partial charge in [0.15, 0.2) is 5.65 Å². The van der Waals surface area contributed by atoms with Crippen LogP contribution in [0.25, 0.3) is 16.7 Å². The molecule has 1 saturated heterocycles. The lowest BCUT2D eigenvalue weighted by atomic mass is 10.1. The van der Waals surface area contributed by atoms with Gasteiger partial charge in [-0.1, -0.05) is 0 Å². The molecule has 3 aromatic rings. The molecule has 0 radical (unpaired) electrons. The van der Waals surface area contributed by atoms with Crippen molar-refractivity contribution in [2.24, 2.45) is 0 Å². The second-order valence-corrected chi connectivity index (χ2v) is 7.98. The number of hydrogen-bond donors (Lipinski definition) is 2. The Bertz CT molecular complexity index is 1090. The number of nitrogens with zero attached hydrogens (tertiary/aromatic N) is 5. The molecule has 2 aliphatic rings. The molecule has 2 N–H and O–H groups in total. The Morgan fingerprint density at radius 1 is 1.20 bits per heavy atom. The number of amides is 1. The van der Waals surface area contributed by atoms with Gasteiger partial charge in [-0.15, -0.1) is 0 Å². The number of hydrogen-bond acceptors (Lipinski definition) is 6. The zero-order valence-corrected chi connectivity index (χ0v) is 16.8. The second kappa shape index (κ2) is 7.47. The van der Waals surface area contributed by atoms with Crippen LogP contribution in [-0.2, 0) is 0 Å². The highest BCUT2D eigenvalue weighted by Gasteiger charge is 2.25. The monoisotopic (exact) mass is 408 g/mol. The van der Waals surface area contributed by atoms with Crippen LogP contribution in [0.2, 0.25) is 0 Å². The molecule has 9 nitrogen and oxygen atoms in total. The summed E-state index contributed by atoms with van der Waals surface area (Å²) in [6.45, 7) is 3.00. The number of carbonyl (C=O) groups is 1. The maximum absolute atomic E-state index is 11.1. The maximum atomic E-state index is 11.1. The molecule has 30 heavy (non-hydrogen) atoms. The van der Waals surface area contributed by atoms with Crippen LogP contribution in [-0.4, -0.2) is 61.1 Å². The lowest BCUT2D eigenvalue weighted by molar-refractivity contribution is 0.0879. The molecule has 1 aliphatic heterocycles. The molecule has 2 fully saturated rings. The topological polar surface area (TPSA) is 105 Å². The number of likely N-dealkylation sites (tertiary alicyclic amines) is 1. The third kappa shape index (κ3) is 3.62. The molecular weight excluding hydrogens is 384 g/mol. The zero-order valence-electron chi connectivity index (χ0n) is 16.8. The van der Waals surface area contributed by atoms with E-state index in [-0.39, 0.29) is 6.10 Å². The second-order valence-electron chi connectivity index (χ2n) is 7.98. The van der Waals surface area contributed by atoms with Gasteiger partial charge in [0.2, 0.25) is 5.88 Å². The summed E-state index contributed by atoms with van der Waals surface area (Å²) < 4.78 is 7.92. The van der Waals surface area contributed by atoms with Gasteiger partial charge in [-0.3, -0.25) is 0 Å². The van der Waals surface area contributed by atoms with Crippen molar-refractivity contribution in [1.82, 2.24) is 24.6 Å². The minimum absolute atomic E-state index is 0.0726. The number of ether oxygens (including phenoxy) is 1. The van der Waals surface area contributed by atoms with Crippen LogP contribution in [0.5, 0.6) is 5.88 Å². The summed E-state index contributed by atoms with van der Waals surface area (Å²) in [5, 5.41) is 17.9. The normalized spacial score (nSPS) is 17.3. The van der Waals surface area contributed by atoms with Gasteiger partial charge in [0.25, 0.3) is 0 Å². The van der Waals surface area contributed by atoms with Gasteiger partial charge in [0.05, 0.1) is 11.9 Å². The van der Waals surface area contributed by atoms with Crippen LogP contribution in [0.15, 0.2) is 30.7 Å². The third-order valence-electron chi connectivity index (χ3n) is 5.69. The average Bonchev–Trinajstić information content (AvgIpc) is 3.44. The smallest absolute Gasteiger partial charge is 0.407 e. The highest BCUT2D eigenvalue weighted by Crippen LogP contribution is 2.29. The van der Waals surface area contributed by atoms with Gasteiger partial charge in [0.1, 0.15) is 17.8 Å². The number of piperidine rings is 1. The molecule has 0 spiro atoms. The molecule has 1 aromatic carbocycles. The predicted molar refractivity (Wildman–Crippen MR) is 111 cm³/mol. The van der Waals surface area contributed by atoms with Crippen molar-refractivity contribution < 1.29 is 14.6 Å². The highest BCUT2D eigenvalue weighted by atomic mass is 16.5. The molecule has 2 aromatic heterocycles. The summed E-state index contributed by atoms with van der Waals surface area (Å²) in [6, 6.07) is 6.87. The molecule has 1 amide bonds. The Morgan fingerprint density at radius 3 is 2.70 bits per heavy atom. The molecule has 9 heteroatoms. The molecule has 1 saturated carbocycles. The number of aromatic nitrogens is 4. The number of nitrogens with one attached hydrogen (secondary N) is 1. The maximum Gasteiger partial charge on any atom is 0.407 e. The largest absolute Gasteiger partial charge is 0.474 e. The number of anilines is 1. The number of benzene rings is 1. The predicted octanol–water partition coefficient (Wildman–Crippen LogP) is 3.22. The SMILES string of the molecule is Cc1cc(NC2CC2)ccc1-n1ncc2c(OC3CCN(C(=O)O)CC3)ncnc21. The summed E-state index contributed by atoms with van der Waals surface area (Å²) in [5.41, 5.74) is 3.88. The van der Waals surface area contributed by atoms with E-state index in [4.69, 9.17) is 9.84 Å². The molecule has 156 valence electrons. The molecule has 0 bridgehead atoms. The van der Waals surface area contributed by atoms with E-state index < -0.39 is 6.09 Å². The van der Waals surface area contributed by atoms with Crippen LogP contribution in [0.3, 0.4) is 0 Å². The van der Waals surface area contributed by atoms with Crippen LogP contribution < -0.4 is 10.1 Å². The molecule has 0 atom stereocenters. The lowest BCUT2D eigenvalue weighted by Gasteiger charge is -2.29. The number of fused-ring (bicyclic) bond motifs is 1. The van der Waals surface area contributed by atoms with Gasteiger partial charge in [-0.2, -0.15) is 5.10 Å². The average molecular weight is 408 g/mol. The molecule has 1 aliphatic carbocycles. The van der Waals surface area contributed by atoms with Crippen molar-refractivity contribution in [2.45, 2.75) is 44.8 Å². The van der Waals surface area contributed by atoms with Crippen LogP contribution >= 0.6 is 0 Å². The van der Waals surface area contributed by atoms with Crippen molar-refractivity contribution in [2.75, 3.05) is 18.4 Å². The van der Waals surface area contributed by atoms with Crippen molar-refractivity contribution in [3.63, 3.8) is 0 Å². The Kier molecular flexibility index (Phi) is 4.65. The van der Waals surface area contributed by atoms with Crippen molar-refractivity contribution >= 4 is 22.8 Å². The Labute approximate surface area is 173 Å². The minimum Gasteiger partial charge on any atom is -0.474 e. The zero-order chi connectivity index (χ0) is 20.7. The lowest BCUT2D eigenvalue weighted by Crippen LogP contribution is -2.41. The van der Waals surface area contributed by atoms with Crippen molar-refractivity contribution in [3.05, 3.63) is 36.3 Å². The molecule has 3 heterocycles.